The molecule has 1 aromatic heterocycles. The summed E-state index contributed by atoms with van der Waals surface area (Å²) in [6.07, 6.45) is 1.50. The minimum Gasteiger partial charge on any atom is -0.483 e. The lowest BCUT2D eigenvalue weighted by Gasteiger charge is -2.13. The second-order valence-electron chi connectivity index (χ2n) is 5.20. The summed E-state index contributed by atoms with van der Waals surface area (Å²) in [5, 5.41) is 0. The van der Waals surface area contributed by atoms with Gasteiger partial charge in [0.05, 0.1) is 0 Å². The molecule has 0 radical (unpaired) electrons. The quantitative estimate of drug-likeness (QED) is 0.828. The molecule has 0 aliphatic carbocycles. The van der Waals surface area contributed by atoms with Gasteiger partial charge in [0.1, 0.15) is 11.4 Å². The second-order valence-corrected chi connectivity index (χ2v) is 5.20. The van der Waals surface area contributed by atoms with Crippen molar-refractivity contribution in [3.05, 3.63) is 59.9 Å². The van der Waals surface area contributed by atoms with Crippen molar-refractivity contribution in [2.24, 2.45) is 0 Å². The third-order valence-electron chi connectivity index (χ3n) is 3.11. The first-order valence-electron chi connectivity index (χ1n) is 7.30. The van der Waals surface area contributed by atoms with Gasteiger partial charge in [-0.1, -0.05) is 38.1 Å². The van der Waals surface area contributed by atoms with Crippen LogP contribution in [0.4, 0.5) is 0 Å². The summed E-state index contributed by atoms with van der Waals surface area (Å²) in [5.41, 5.74) is 5.83. The number of hydrogen-bond donors (Lipinski definition) is 2. The van der Waals surface area contributed by atoms with Gasteiger partial charge in [0, 0.05) is 6.20 Å². The summed E-state index contributed by atoms with van der Waals surface area (Å²) >= 11 is 0. The van der Waals surface area contributed by atoms with Gasteiger partial charge in [-0.15, -0.1) is 0 Å². The lowest BCUT2D eigenvalue weighted by molar-refractivity contribution is -0.123. The largest absolute Gasteiger partial charge is 0.483 e. The number of hydrogen-bond acceptors (Lipinski definition) is 4. The molecule has 0 atom stereocenters. The molecule has 0 saturated heterocycles. The van der Waals surface area contributed by atoms with Gasteiger partial charge in [-0.3, -0.25) is 25.4 Å². The maximum atomic E-state index is 11.8. The van der Waals surface area contributed by atoms with Crippen LogP contribution < -0.4 is 15.6 Å². The number of amides is 2. The van der Waals surface area contributed by atoms with Gasteiger partial charge in [0.2, 0.25) is 0 Å². The number of nitrogens with one attached hydrogen (secondary N) is 2. The number of carbonyl (C=O) groups is 2. The standard InChI is InChI=1S/C17H19N3O3/c1-12(2)13-7-3-4-9-15(13)23-11-16(21)19-20-17(22)14-8-5-6-10-18-14/h3-10,12H,11H2,1-2H3,(H,19,21)(H,20,22). The average molecular weight is 313 g/mol. The van der Waals surface area contributed by atoms with E-state index < -0.39 is 11.8 Å². The van der Waals surface area contributed by atoms with Crippen LogP contribution in [-0.4, -0.2) is 23.4 Å². The van der Waals surface area contributed by atoms with E-state index in [1.54, 1.807) is 18.2 Å². The van der Waals surface area contributed by atoms with E-state index in [0.29, 0.717) is 5.75 Å². The fourth-order valence-corrected chi connectivity index (χ4v) is 1.96. The molecule has 0 bridgehead atoms. The number of rotatable bonds is 5. The number of para-hydroxylation sites is 1. The third kappa shape index (κ3) is 4.81. The van der Waals surface area contributed by atoms with Crippen LogP contribution in [0, 0.1) is 0 Å². The molecule has 0 aliphatic heterocycles. The fraction of sp³-hybridized carbons (Fsp3) is 0.235. The van der Waals surface area contributed by atoms with Crippen molar-refractivity contribution in [1.82, 2.24) is 15.8 Å². The summed E-state index contributed by atoms with van der Waals surface area (Å²) in [5.74, 6) is 0.0150. The topological polar surface area (TPSA) is 80.3 Å². The predicted octanol–water partition coefficient (Wildman–Crippen LogP) is 2.04. The number of hydrazine groups is 1. The Kier molecular flexibility index (Phi) is 5.68. The minimum atomic E-state index is -0.485. The van der Waals surface area contributed by atoms with Crippen LogP contribution in [0.5, 0.6) is 5.75 Å². The molecule has 0 unspecified atom stereocenters. The van der Waals surface area contributed by atoms with E-state index in [9.17, 15) is 9.59 Å². The van der Waals surface area contributed by atoms with E-state index in [2.05, 4.69) is 29.7 Å². The molecule has 2 amide bonds. The molecule has 0 spiro atoms. The van der Waals surface area contributed by atoms with Gasteiger partial charge in [-0.2, -0.15) is 0 Å². The van der Waals surface area contributed by atoms with Crippen molar-refractivity contribution in [2.45, 2.75) is 19.8 Å². The van der Waals surface area contributed by atoms with Crippen LogP contribution in [0.25, 0.3) is 0 Å². The molecular formula is C17H19N3O3. The summed E-state index contributed by atoms with van der Waals surface area (Å²) in [6.45, 7) is 3.91. The van der Waals surface area contributed by atoms with E-state index in [-0.39, 0.29) is 18.2 Å². The fourth-order valence-electron chi connectivity index (χ4n) is 1.96. The van der Waals surface area contributed by atoms with Crippen molar-refractivity contribution in [1.29, 1.82) is 0 Å². The second kappa shape index (κ2) is 7.93. The van der Waals surface area contributed by atoms with Crippen molar-refractivity contribution in [3.8, 4) is 5.75 Å². The van der Waals surface area contributed by atoms with Crippen LogP contribution >= 0.6 is 0 Å². The predicted molar refractivity (Wildman–Crippen MR) is 85.9 cm³/mol. The summed E-state index contributed by atoms with van der Waals surface area (Å²) in [4.78, 5) is 27.4. The SMILES string of the molecule is CC(C)c1ccccc1OCC(=O)NNC(=O)c1ccccn1. The van der Waals surface area contributed by atoms with Crippen LogP contribution in [-0.2, 0) is 4.79 Å². The maximum Gasteiger partial charge on any atom is 0.288 e. The molecule has 1 heterocycles. The zero-order valence-corrected chi connectivity index (χ0v) is 13.1. The number of ether oxygens (including phenoxy) is 1. The van der Waals surface area contributed by atoms with Crippen LogP contribution in [0.1, 0.15) is 35.8 Å². The summed E-state index contributed by atoms with van der Waals surface area (Å²) < 4.78 is 5.52. The van der Waals surface area contributed by atoms with Crippen molar-refractivity contribution in [2.75, 3.05) is 6.61 Å². The highest BCUT2D eigenvalue weighted by Gasteiger charge is 2.11. The molecular weight excluding hydrogens is 294 g/mol. The Morgan fingerprint density at radius 1 is 1.09 bits per heavy atom. The highest BCUT2D eigenvalue weighted by molar-refractivity contribution is 5.93. The zero-order chi connectivity index (χ0) is 16.7. The number of benzene rings is 1. The van der Waals surface area contributed by atoms with Gasteiger partial charge in [0.25, 0.3) is 11.8 Å². The number of nitrogens with zero attached hydrogens (tertiary/aromatic N) is 1. The third-order valence-corrected chi connectivity index (χ3v) is 3.11. The molecule has 0 saturated carbocycles. The Balaban J connectivity index is 1.83. The van der Waals surface area contributed by atoms with Crippen LogP contribution in [0.2, 0.25) is 0 Å². The molecule has 120 valence electrons. The monoisotopic (exact) mass is 313 g/mol. The van der Waals surface area contributed by atoms with Gasteiger partial charge < -0.3 is 4.74 Å². The molecule has 6 nitrogen and oxygen atoms in total. The Hall–Kier alpha value is -2.89. The van der Waals surface area contributed by atoms with Gasteiger partial charge in [-0.25, -0.2) is 0 Å². The van der Waals surface area contributed by atoms with Crippen LogP contribution in [0.15, 0.2) is 48.7 Å². The van der Waals surface area contributed by atoms with Crippen molar-refractivity contribution >= 4 is 11.8 Å². The molecule has 2 aromatic rings. The summed E-state index contributed by atoms with van der Waals surface area (Å²) in [6, 6.07) is 12.5. The number of pyridine rings is 1. The molecule has 6 heteroatoms. The number of aromatic nitrogens is 1. The minimum absolute atomic E-state index is 0.188. The van der Waals surface area contributed by atoms with Crippen LogP contribution in [0.3, 0.4) is 0 Å². The highest BCUT2D eigenvalue weighted by Crippen LogP contribution is 2.25. The molecule has 2 N–H and O–H groups in total. The Morgan fingerprint density at radius 2 is 1.83 bits per heavy atom. The Labute approximate surface area is 134 Å². The van der Waals surface area contributed by atoms with Gasteiger partial charge >= 0.3 is 0 Å². The Morgan fingerprint density at radius 3 is 2.52 bits per heavy atom. The van der Waals surface area contributed by atoms with Crippen molar-refractivity contribution in [3.63, 3.8) is 0 Å². The summed E-state index contributed by atoms with van der Waals surface area (Å²) in [7, 11) is 0. The molecule has 2 rings (SSSR count). The first-order chi connectivity index (χ1) is 11.1. The first-order valence-corrected chi connectivity index (χ1v) is 7.30. The van der Waals surface area contributed by atoms with E-state index >= 15 is 0 Å². The van der Waals surface area contributed by atoms with E-state index in [4.69, 9.17) is 4.74 Å². The van der Waals surface area contributed by atoms with Gasteiger partial charge in [0.15, 0.2) is 6.61 Å². The molecule has 0 aliphatic rings. The van der Waals surface area contributed by atoms with Crippen molar-refractivity contribution < 1.29 is 14.3 Å². The molecule has 23 heavy (non-hydrogen) atoms. The smallest absolute Gasteiger partial charge is 0.288 e. The average Bonchev–Trinajstić information content (AvgIpc) is 2.58. The van der Waals surface area contributed by atoms with E-state index in [1.165, 1.54) is 6.20 Å². The Bertz CT molecular complexity index is 672. The lowest BCUT2D eigenvalue weighted by Crippen LogP contribution is -2.44. The zero-order valence-electron chi connectivity index (χ0n) is 13.1. The lowest BCUT2D eigenvalue weighted by atomic mass is 10.0. The normalized spacial score (nSPS) is 10.2. The number of carbonyl (C=O) groups excluding carboxylic acids is 2. The van der Waals surface area contributed by atoms with E-state index in [0.717, 1.165) is 5.56 Å². The first kappa shape index (κ1) is 16.5. The molecule has 0 fully saturated rings. The van der Waals surface area contributed by atoms with Gasteiger partial charge in [-0.05, 0) is 29.7 Å². The maximum absolute atomic E-state index is 11.8. The van der Waals surface area contributed by atoms with E-state index in [1.807, 2.05) is 24.3 Å². The highest BCUT2D eigenvalue weighted by atomic mass is 16.5. The molecule has 1 aromatic carbocycles.